The Kier molecular flexibility index (Phi) is 4.49. The Labute approximate surface area is 124 Å². The number of nitrogen functional groups attached to an aromatic ring is 1. The van der Waals surface area contributed by atoms with E-state index in [0.29, 0.717) is 5.75 Å². The minimum atomic E-state index is -0.471. The van der Waals surface area contributed by atoms with Crippen LogP contribution in [-0.4, -0.2) is 12.1 Å². The van der Waals surface area contributed by atoms with Crippen molar-refractivity contribution in [3.63, 3.8) is 0 Å². The van der Waals surface area contributed by atoms with Gasteiger partial charge in [0.2, 0.25) is 0 Å². The van der Waals surface area contributed by atoms with Crippen molar-refractivity contribution in [1.82, 2.24) is 4.98 Å². The summed E-state index contributed by atoms with van der Waals surface area (Å²) in [6, 6.07) is 5.71. The summed E-state index contributed by atoms with van der Waals surface area (Å²) in [6.45, 7) is 0. The van der Waals surface area contributed by atoms with Crippen LogP contribution in [0.4, 0.5) is 21.7 Å². The van der Waals surface area contributed by atoms with Gasteiger partial charge in [0.05, 0.1) is 22.8 Å². The maximum atomic E-state index is 13.7. The van der Waals surface area contributed by atoms with E-state index in [0.717, 1.165) is 0 Å². The number of halogens is 3. The lowest BCUT2D eigenvalue weighted by Crippen LogP contribution is -2.10. The van der Waals surface area contributed by atoms with Crippen molar-refractivity contribution < 1.29 is 9.13 Å². The van der Waals surface area contributed by atoms with Crippen LogP contribution in [0.25, 0.3) is 0 Å². The monoisotopic (exact) mass is 316 g/mol. The van der Waals surface area contributed by atoms with Crippen LogP contribution in [0.3, 0.4) is 0 Å². The predicted molar refractivity (Wildman–Crippen MR) is 78.3 cm³/mol. The summed E-state index contributed by atoms with van der Waals surface area (Å²) >= 11 is 11.9. The topological polar surface area (TPSA) is 72.2 Å². The van der Waals surface area contributed by atoms with E-state index in [1.807, 2.05) is 0 Å². The smallest absolute Gasteiger partial charge is 0.161 e. The molecule has 0 spiro atoms. The summed E-state index contributed by atoms with van der Waals surface area (Å²) in [6.07, 6.45) is 0. The molecule has 1 aromatic carbocycles. The minimum Gasteiger partial charge on any atom is -0.497 e. The highest BCUT2D eigenvalue weighted by Gasteiger charge is 2.11. The molecule has 0 aliphatic rings. The number of nitrogens with one attached hydrogen (secondary N) is 2. The predicted octanol–water partition coefficient (Wildman–Crippen LogP) is 3.57. The van der Waals surface area contributed by atoms with E-state index in [-0.39, 0.29) is 27.4 Å². The first-order chi connectivity index (χ1) is 9.55. The molecule has 106 valence electrons. The summed E-state index contributed by atoms with van der Waals surface area (Å²) in [5, 5.41) is 3.26. The molecule has 0 aliphatic carbocycles. The van der Waals surface area contributed by atoms with Crippen LogP contribution in [0.5, 0.6) is 5.75 Å². The zero-order chi connectivity index (χ0) is 14.7. The summed E-state index contributed by atoms with van der Waals surface area (Å²) in [4.78, 5) is 4.06. The third kappa shape index (κ3) is 3.04. The second-order valence-corrected chi connectivity index (χ2v) is 4.58. The summed E-state index contributed by atoms with van der Waals surface area (Å²) in [5.74, 6) is 5.74. The Morgan fingerprint density at radius 3 is 2.55 bits per heavy atom. The molecule has 4 N–H and O–H groups in total. The number of ether oxygens (including phenoxy) is 1. The van der Waals surface area contributed by atoms with Gasteiger partial charge in [0, 0.05) is 6.07 Å². The van der Waals surface area contributed by atoms with Crippen molar-refractivity contribution in [2.45, 2.75) is 0 Å². The second-order valence-electron chi connectivity index (χ2n) is 3.76. The lowest BCUT2D eigenvalue weighted by Gasteiger charge is -2.12. The average molecular weight is 317 g/mol. The van der Waals surface area contributed by atoms with Crippen molar-refractivity contribution in [2.24, 2.45) is 5.84 Å². The number of pyridine rings is 1. The molecule has 8 heteroatoms. The average Bonchev–Trinajstić information content (AvgIpc) is 2.44. The van der Waals surface area contributed by atoms with E-state index in [1.54, 1.807) is 0 Å². The first-order valence-electron chi connectivity index (χ1n) is 5.48. The Morgan fingerprint density at radius 2 is 1.90 bits per heavy atom. The van der Waals surface area contributed by atoms with Crippen LogP contribution in [0.2, 0.25) is 10.0 Å². The molecule has 2 rings (SSSR count). The fourth-order valence-electron chi connectivity index (χ4n) is 1.51. The molecule has 20 heavy (non-hydrogen) atoms. The second kappa shape index (κ2) is 6.13. The molecular weight excluding hydrogens is 306 g/mol. The van der Waals surface area contributed by atoms with Gasteiger partial charge in [-0.1, -0.05) is 23.2 Å². The molecule has 1 heterocycles. The quantitative estimate of drug-likeness (QED) is 0.594. The summed E-state index contributed by atoms with van der Waals surface area (Å²) < 4.78 is 18.8. The molecule has 5 nitrogen and oxygen atoms in total. The third-order valence-corrected chi connectivity index (χ3v) is 3.07. The van der Waals surface area contributed by atoms with Gasteiger partial charge < -0.3 is 15.5 Å². The largest absolute Gasteiger partial charge is 0.497 e. The summed E-state index contributed by atoms with van der Waals surface area (Å²) in [7, 11) is 1.49. The Morgan fingerprint density at radius 1 is 1.20 bits per heavy atom. The summed E-state index contributed by atoms with van der Waals surface area (Å²) in [5.41, 5.74) is 2.50. The number of aromatic nitrogens is 1. The number of methoxy groups -OCH3 is 1. The number of rotatable bonds is 4. The van der Waals surface area contributed by atoms with Gasteiger partial charge in [0.15, 0.2) is 11.6 Å². The molecule has 0 radical (unpaired) electrons. The van der Waals surface area contributed by atoms with Gasteiger partial charge in [0.1, 0.15) is 11.6 Å². The van der Waals surface area contributed by atoms with E-state index in [2.05, 4.69) is 15.7 Å². The van der Waals surface area contributed by atoms with Gasteiger partial charge >= 0.3 is 0 Å². The number of hydrazine groups is 1. The molecule has 0 saturated carbocycles. The fraction of sp³-hybridized carbons (Fsp3) is 0.0833. The van der Waals surface area contributed by atoms with Crippen LogP contribution in [0.15, 0.2) is 24.3 Å². The van der Waals surface area contributed by atoms with Gasteiger partial charge in [-0.15, -0.1) is 0 Å². The van der Waals surface area contributed by atoms with Crippen molar-refractivity contribution >= 4 is 40.5 Å². The van der Waals surface area contributed by atoms with Crippen LogP contribution in [-0.2, 0) is 0 Å². The number of hydrogen-bond donors (Lipinski definition) is 3. The molecule has 0 fully saturated rings. The highest BCUT2D eigenvalue weighted by molar-refractivity contribution is 6.37. The number of nitrogens with zero attached hydrogens (tertiary/aromatic N) is 1. The van der Waals surface area contributed by atoms with Gasteiger partial charge in [-0.3, -0.25) is 0 Å². The number of hydrogen-bond acceptors (Lipinski definition) is 5. The maximum Gasteiger partial charge on any atom is 0.161 e. The van der Waals surface area contributed by atoms with E-state index >= 15 is 0 Å². The van der Waals surface area contributed by atoms with Crippen LogP contribution >= 0.6 is 23.2 Å². The molecule has 0 atom stereocenters. The van der Waals surface area contributed by atoms with Crippen molar-refractivity contribution in [1.29, 1.82) is 0 Å². The number of benzene rings is 1. The highest BCUT2D eigenvalue weighted by Crippen LogP contribution is 2.32. The standard InChI is InChI=1S/C12H11Cl2FN4O/c1-20-6-2-3-9(15)10(4-6)17-11-7(13)5-8(14)12(18-11)19-16/h2-5H,16H2,1H3,(H2,17,18,19). The first-order valence-corrected chi connectivity index (χ1v) is 6.24. The van der Waals surface area contributed by atoms with Crippen molar-refractivity contribution in [3.8, 4) is 5.75 Å². The molecular formula is C12H11Cl2FN4O. The SMILES string of the molecule is COc1ccc(F)c(Nc2nc(NN)c(Cl)cc2Cl)c1. The zero-order valence-corrected chi connectivity index (χ0v) is 11.9. The highest BCUT2D eigenvalue weighted by atomic mass is 35.5. The van der Waals surface area contributed by atoms with E-state index < -0.39 is 5.82 Å². The fourth-order valence-corrected chi connectivity index (χ4v) is 1.97. The molecule has 2 aromatic rings. The first kappa shape index (κ1) is 14.6. The van der Waals surface area contributed by atoms with Gasteiger partial charge in [0.25, 0.3) is 0 Å². The molecule has 0 bridgehead atoms. The van der Waals surface area contributed by atoms with Gasteiger partial charge in [-0.05, 0) is 18.2 Å². The van der Waals surface area contributed by atoms with E-state index in [9.17, 15) is 4.39 Å². The third-order valence-electron chi connectivity index (χ3n) is 2.49. The molecule has 0 unspecified atom stereocenters. The normalized spacial score (nSPS) is 10.2. The van der Waals surface area contributed by atoms with Crippen molar-refractivity contribution in [3.05, 3.63) is 40.1 Å². The number of anilines is 3. The van der Waals surface area contributed by atoms with Crippen LogP contribution in [0, 0.1) is 5.82 Å². The lowest BCUT2D eigenvalue weighted by molar-refractivity contribution is 0.414. The molecule has 0 aliphatic heterocycles. The van der Waals surface area contributed by atoms with Crippen molar-refractivity contribution in [2.75, 3.05) is 17.9 Å². The van der Waals surface area contributed by atoms with E-state index in [1.165, 1.54) is 31.4 Å². The minimum absolute atomic E-state index is 0.170. The maximum absolute atomic E-state index is 13.7. The molecule has 0 saturated heterocycles. The molecule has 1 aromatic heterocycles. The Balaban J connectivity index is 2.39. The zero-order valence-electron chi connectivity index (χ0n) is 10.4. The van der Waals surface area contributed by atoms with Gasteiger partial charge in [-0.2, -0.15) is 0 Å². The van der Waals surface area contributed by atoms with Crippen LogP contribution < -0.4 is 21.3 Å². The Bertz CT molecular complexity index is 639. The van der Waals surface area contributed by atoms with Gasteiger partial charge in [-0.25, -0.2) is 15.2 Å². The van der Waals surface area contributed by atoms with E-state index in [4.69, 9.17) is 33.8 Å². The number of nitrogens with two attached hydrogens (primary N) is 1. The molecule has 0 amide bonds. The Hall–Kier alpha value is -1.76. The van der Waals surface area contributed by atoms with Crippen LogP contribution in [0.1, 0.15) is 0 Å². The lowest BCUT2D eigenvalue weighted by atomic mass is 10.3.